The van der Waals surface area contributed by atoms with Crippen LogP contribution in [0.1, 0.15) is 64.3 Å². The van der Waals surface area contributed by atoms with Gasteiger partial charge in [0.2, 0.25) is 5.91 Å². The standard InChI is InChI=1S/C24H19F8N3O2/c25-22(26,27)13-3-4-16(15(9-13)11-1-2-11)24(31,32)34-20(36)19-8-12-7-18(12)35(19)21(37)17-10-14(5-6-33-17)23(28,29)30/h3-6,9-12,18-19H,1-2,7-8H2,(H,34,36)/t12-,18-,19-/m1/s1. The normalized spacial score (nSPS) is 23.6. The molecular weight excluding hydrogens is 514 g/mol. The molecule has 2 aromatic rings. The number of likely N-dealkylation sites (tertiary alicyclic amines) is 1. The zero-order valence-electron chi connectivity index (χ0n) is 18.8. The molecule has 1 N–H and O–H groups in total. The number of nitrogens with zero attached hydrogens (tertiary/aromatic N) is 2. The molecule has 0 unspecified atom stereocenters. The van der Waals surface area contributed by atoms with Gasteiger partial charge >= 0.3 is 18.4 Å². The van der Waals surface area contributed by atoms with E-state index in [2.05, 4.69) is 4.98 Å². The third-order valence-electron chi connectivity index (χ3n) is 6.96. The minimum atomic E-state index is -4.75. The van der Waals surface area contributed by atoms with Crippen molar-refractivity contribution in [3.05, 3.63) is 64.5 Å². The first-order valence-electron chi connectivity index (χ1n) is 11.4. The Labute approximate surface area is 204 Å². The molecule has 3 fully saturated rings. The number of rotatable bonds is 5. The number of aromatic nitrogens is 1. The van der Waals surface area contributed by atoms with E-state index in [1.165, 1.54) is 0 Å². The molecule has 1 aromatic heterocycles. The van der Waals surface area contributed by atoms with Crippen molar-refractivity contribution in [2.45, 2.75) is 62.1 Å². The molecule has 1 aliphatic heterocycles. The average molecular weight is 533 g/mol. The Kier molecular flexibility index (Phi) is 5.76. The van der Waals surface area contributed by atoms with Crippen LogP contribution in [0.5, 0.6) is 0 Å². The van der Waals surface area contributed by atoms with E-state index in [0.29, 0.717) is 49.6 Å². The highest BCUT2D eigenvalue weighted by molar-refractivity contribution is 5.97. The lowest BCUT2D eigenvalue weighted by atomic mass is 9.98. The molecule has 2 heterocycles. The molecule has 3 aliphatic rings. The summed E-state index contributed by atoms with van der Waals surface area (Å²) in [5, 5.41) is 1.56. The van der Waals surface area contributed by atoms with Gasteiger partial charge in [0, 0.05) is 17.8 Å². The zero-order chi connectivity index (χ0) is 26.9. The van der Waals surface area contributed by atoms with Crippen molar-refractivity contribution < 1.29 is 44.7 Å². The molecule has 2 saturated carbocycles. The van der Waals surface area contributed by atoms with Crippen molar-refractivity contribution in [1.29, 1.82) is 0 Å². The van der Waals surface area contributed by atoms with Gasteiger partial charge in [-0.05, 0) is 67.3 Å². The van der Waals surface area contributed by atoms with Crippen LogP contribution in [0.2, 0.25) is 0 Å². The monoisotopic (exact) mass is 533 g/mol. The van der Waals surface area contributed by atoms with Gasteiger partial charge in [0.25, 0.3) is 5.91 Å². The lowest BCUT2D eigenvalue weighted by Crippen LogP contribution is -2.52. The molecule has 2 amide bonds. The van der Waals surface area contributed by atoms with Crippen molar-refractivity contribution in [3.63, 3.8) is 0 Å². The van der Waals surface area contributed by atoms with Crippen LogP contribution >= 0.6 is 0 Å². The molecule has 1 saturated heterocycles. The van der Waals surface area contributed by atoms with Crippen LogP contribution in [-0.4, -0.2) is 33.8 Å². The number of fused-ring (bicyclic) bond motifs is 1. The topological polar surface area (TPSA) is 62.3 Å². The van der Waals surface area contributed by atoms with Crippen molar-refractivity contribution in [2.24, 2.45) is 5.92 Å². The zero-order valence-corrected chi connectivity index (χ0v) is 18.8. The van der Waals surface area contributed by atoms with Crippen molar-refractivity contribution in [3.8, 4) is 0 Å². The van der Waals surface area contributed by atoms with Gasteiger partial charge in [-0.25, -0.2) is 0 Å². The van der Waals surface area contributed by atoms with Crippen LogP contribution in [0.4, 0.5) is 35.1 Å². The van der Waals surface area contributed by atoms with Gasteiger partial charge in [0.1, 0.15) is 11.7 Å². The van der Waals surface area contributed by atoms with E-state index in [9.17, 15) is 35.9 Å². The maximum absolute atomic E-state index is 15.2. The highest BCUT2D eigenvalue weighted by Crippen LogP contribution is 2.50. The molecular formula is C24H19F8N3O2. The fourth-order valence-electron chi connectivity index (χ4n) is 4.90. The number of piperidine rings is 1. The highest BCUT2D eigenvalue weighted by atomic mass is 19.4. The van der Waals surface area contributed by atoms with Crippen molar-refractivity contribution in [1.82, 2.24) is 15.2 Å². The van der Waals surface area contributed by atoms with E-state index in [4.69, 9.17) is 0 Å². The molecule has 5 rings (SSSR count). The molecule has 3 atom stereocenters. The second kappa shape index (κ2) is 8.38. The van der Waals surface area contributed by atoms with E-state index in [1.54, 1.807) is 5.32 Å². The number of halogens is 8. The van der Waals surface area contributed by atoms with E-state index >= 15 is 8.78 Å². The number of benzene rings is 1. The summed E-state index contributed by atoms with van der Waals surface area (Å²) in [6, 6.07) is -2.92. The summed E-state index contributed by atoms with van der Waals surface area (Å²) in [6.07, 6.45) is -7.33. The van der Waals surface area contributed by atoms with E-state index < -0.39 is 70.6 Å². The van der Waals surface area contributed by atoms with Crippen LogP contribution in [0.3, 0.4) is 0 Å². The SMILES string of the molecule is O=C(NC(F)(F)c1ccc(C(F)(F)F)cc1C1CC1)[C@H]1C[C@H]2C[C@H]2N1C(=O)c1cc(C(F)(F)F)ccn1. The second-order valence-electron chi connectivity index (χ2n) is 9.59. The van der Waals surface area contributed by atoms with Crippen molar-refractivity contribution in [2.75, 3.05) is 0 Å². The molecule has 5 nitrogen and oxygen atoms in total. The predicted molar refractivity (Wildman–Crippen MR) is 111 cm³/mol. The van der Waals surface area contributed by atoms with Crippen molar-refractivity contribution >= 4 is 11.8 Å². The van der Waals surface area contributed by atoms with E-state index in [-0.39, 0.29) is 17.9 Å². The summed E-state index contributed by atoms with van der Waals surface area (Å²) in [6.45, 7) is 0. The molecule has 37 heavy (non-hydrogen) atoms. The van der Waals surface area contributed by atoms with Gasteiger partial charge in [-0.2, -0.15) is 35.1 Å². The Morgan fingerprint density at radius 2 is 1.54 bits per heavy atom. The number of carbonyl (C=O) groups excluding carboxylic acids is 2. The maximum Gasteiger partial charge on any atom is 0.416 e. The van der Waals surface area contributed by atoms with Gasteiger partial charge in [-0.1, -0.05) is 6.07 Å². The van der Waals surface area contributed by atoms with Gasteiger partial charge in [0.05, 0.1) is 11.1 Å². The first-order valence-corrected chi connectivity index (χ1v) is 11.4. The summed E-state index contributed by atoms with van der Waals surface area (Å²) in [5.41, 5.74) is -3.76. The number of amides is 2. The third-order valence-corrected chi connectivity index (χ3v) is 6.96. The maximum atomic E-state index is 15.2. The van der Waals surface area contributed by atoms with Gasteiger partial charge in [-0.3, -0.25) is 19.9 Å². The number of pyridine rings is 1. The first-order chi connectivity index (χ1) is 17.2. The number of carbonyl (C=O) groups is 2. The van der Waals surface area contributed by atoms with Crippen LogP contribution in [0, 0.1) is 5.92 Å². The van der Waals surface area contributed by atoms with Gasteiger partial charge in [-0.15, -0.1) is 0 Å². The van der Waals surface area contributed by atoms with Gasteiger partial charge < -0.3 is 4.90 Å². The summed E-state index contributed by atoms with van der Waals surface area (Å²) in [7, 11) is 0. The molecule has 1 aromatic carbocycles. The quantitative estimate of drug-likeness (QED) is 0.410. The lowest BCUT2D eigenvalue weighted by Gasteiger charge is -2.29. The fourth-order valence-corrected chi connectivity index (χ4v) is 4.90. The molecule has 0 bridgehead atoms. The average Bonchev–Trinajstić information content (AvgIpc) is 3.74. The smallest absolute Gasteiger partial charge is 0.322 e. The highest BCUT2D eigenvalue weighted by Gasteiger charge is 2.57. The third kappa shape index (κ3) is 4.87. The molecule has 0 radical (unpaired) electrons. The Morgan fingerprint density at radius 3 is 2.16 bits per heavy atom. The lowest BCUT2D eigenvalue weighted by molar-refractivity contribution is -0.140. The first kappa shape index (κ1) is 25.4. The number of nitrogens with one attached hydrogen (secondary N) is 1. The van der Waals surface area contributed by atoms with E-state index in [1.807, 2.05) is 0 Å². The number of hydrogen-bond donors (Lipinski definition) is 1. The summed E-state index contributed by atoms with van der Waals surface area (Å²) in [4.78, 5) is 30.6. The van der Waals surface area contributed by atoms with Crippen LogP contribution in [0.15, 0.2) is 36.5 Å². The van der Waals surface area contributed by atoms with E-state index in [0.717, 1.165) is 11.1 Å². The Hall–Kier alpha value is -3.25. The minimum absolute atomic E-state index is 0.0276. The Balaban J connectivity index is 1.38. The predicted octanol–water partition coefficient (Wildman–Crippen LogP) is 5.47. The Morgan fingerprint density at radius 1 is 0.892 bits per heavy atom. The van der Waals surface area contributed by atoms with Crippen LogP contribution < -0.4 is 5.32 Å². The minimum Gasteiger partial charge on any atom is -0.322 e. The van der Waals surface area contributed by atoms with Crippen LogP contribution in [0.25, 0.3) is 0 Å². The molecule has 2 aliphatic carbocycles. The van der Waals surface area contributed by atoms with Gasteiger partial charge in [0.15, 0.2) is 0 Å². The number of alkyl halides is 8. The molecule has 198 valence electrons. The Bertz CT molecular complexity index is 1260. The summed E-state index contributed by atoms with van der Waals surface area (Å²) in [5.74, 6) is -2.91. The molecule has 0 spiro atoms. The largest absolute Gasteiger partial charge is 0.416 e. The molecule has 13 heteroatoms. The summed E-state index contributed by atoms with van der Waals surface area (Å²) >= 11 is 0. The second-order valence-corrected chi connectivity index (χ2v) is 9.59. The number of hydrogen-bond acceptors (Lipinski definition) is 3. The van der Waals surface area contributed by atoms with Crippen LogP contribution in [-0.2, 0) is 23.2 Å². The summed E-state index contributed by atoms with van der Waals surface area (Å²) < 4.78 is 109. The fraction of sp³-hybridized carbons (Fsp3) is 0.458.